The van der Waals surface area contributed by atoms with E-state index in [0.717, 1.165) is 9.79 Å². The number of hydrogen-bond donors (Lipinski definition) is 1. The van der Waals surface area contributed by atoms with Gasteiger partial charge in [-0.25, -0.2) is 4.68 Å². The molecule has 0 saturated carbocycles. The van der Waals surface area contributed by atoms with E-state index in [1.807, 2.05) is 36.4 Å². The second kappa shape index (κ2) is 9.28. The molecule has 0 fully saturated rings. The molecule has 0 spiro atoms. The molecular formula is C24H18N4O5S. The number of nitro groups is 1. The van der Waals surface area contributed by atoms with Gasteiger partial charge in [0, 0.05) is 40.3 Å². The molecule has 2 heterocycles. The van der Waals surface area contributed by atoms with Crippen LogP contribution in [0.15, 0.2) is 88.8 Å². The van der Waals surface area contributed by atoms with E-state index in [1.165, 1.54) is 28.6 Å². The number of hydrogen-bond acceptors (Lipinski definition) is 7. The van der Waals surface area contributed by atoms with Crippen molar-refractivity contribution in [1.82, 2.24) is 9.78 Å². The third kappa shape index (κ3) is 4.57. The molecule has 0 radical (unpaired) electrons. The lowest BCUT2D eigenvalue weighted by molar-refractivity contribution is -0.384. The standard InChI is InChI=1S/C24H18N4O5S/c29-24(19-10-11-27(26-19)16-6-8-17(9-7-16)28(30)31)25-20-14-21-22(33-13-12-32-21)15-23(20)34-18-4-2-1-3-5-18/h1-11,14-15H,12-13H2,(H,25,29). The van der Waals surface area contributed by atoms with Crippen LogP contribution < -0.4 is 14.8 Å². The monoisotopic (exact) mass is 474 g/mol. The van der Waals surface area contributed by atoms with E-state index in [9.17, 15) is 14.9 Å². The smallest absolute Gasteiger partial charge is 0.276 e. The van der Waals surface area contributed by atoms with Crippen LogP contribution in [0, 0.1) is 10.1 Å². The molecule has 1 N–H and O–H groups in total. The topological polar surface area (TPSA) is 109 Å². The molecule has 0 atom stereocenters. The second-order valence-corrected chi connectivity index (χ2v) is 8.40. The number of carbonyl (C=O) groups excluding carboxylic acids is 1. The van der Waals surface area contributed by atoms with Crippen LogP contribution in [0.2, 0.25) is 0 Å². The summed E-state index contributed by atoms with van der Waals surface area (Å²) >= 11 is 1.50. The van der Waals surface area contributed by atoms with Crippen molar-refractivity contribution >= 4 is 29.0 Å². The number of nitrogens with one attached hydrogen (secondary N) is 1. The molecule has 3 aromatic carbocycles. The number of anilines is 1. The quantitative estimate of drug-likeness (QED) is 0.311. The summed E-state index contributed by atoms with van der Waals surface area (Å²) < 4.78 is 12.9. The van der Waals surface area contributed by atoms with Gasteiger partial charge in [-0.3, -0.25) is 14.9 Å². The minimum atomic E-state index is -0.468. The first-order valence-electron chi connectivity index (χ1n) is 10.4. The fourth-order valence-electron chi connectivity index (χ4n) is 3.37. The number of carbonyl (C=O) groups is 1. The van der Waals surface area contributed by atoms with E-state index in [-0.39, 0.29) is 11.4 Å². The van der Waals surface area contributed by atoms with Crippen LogP contribution in [0.1, 0.15) is 10.5 Å². The zero-order valence-corrected chi connectivity index (χ0v) is 18.5. The zero-order chi connectivity index (χ0) is 23.5. The first-order valence-corrected chi connectivity index (χ1v) is 11.2. The highest BCUT2D eigenvalue weighted by molar-refractivity contribution is 7.99. The number of rotatable bonds is 6. The summed E-state index contributed by atoms with van der Waals surface area (Å²) in [7, 11) is 0. The number of nitrogens with zero attached hydrogens (tertiary/aromatic N) is 3. The largest absolute Gasteiger partial charge is 0.486 e. The van der Waals surface area contributed by atoms with Crippen LogP contribution in [0.5, 0.6) is 11.5 Å². The minimum Gasteiger partial charge on any atom is -0.486 e. The second-order valence-electron chi connectivity index (χ2n) is 7.28. The molecule has 10 heteroatoms. The molecule has 1 aliphatic rings. The van der Waals surface area contributed by atoms with Gasteiger partial charge >= 0.3 is 0 Å². The van der Waals surface area contributed by atoms with Gasteiger partial charge in [-0.1, -0.05) is 30.0 Å². The highest BCUT2D eigenvalue weighted by Crippen LogP contribution is 2.42. The van der Waals surface area contributed by atoms with E-state index in [1.54, 1.807) is 30.5 Å². The van der Waals surface area contributed by atoms with E-state index in [2.05, 4.69) is 10.4 Å². The molecule has 0 saturated heterocycles. The van der Waals surface area contributed by atoms with Gasteiger partial charge in [-0.2, -0.15) is 5.10 Å². The van der Waals surface area contributed by atoms with E-state index in [0.29, 0.717) is 36.1 Å². The molecule has 0 aliphatic carbocycles. The summed E-state index contributed by atoms with van der Waals surface area (Å²) in [5.41, 5.74) is 1.36. The molecule has 9 nitrogen and oxygen atoms in total. The Kier molecular flexibility index (Phi) is 5.88. The Morgan fingerprint density at radius 2 is 1.71 bits per heavy atom. The lowest BCUT2D eigenvalue weighted by Gasteiger charge is -2.21. The molecule has 0 unspecified atom stereocenters. The summed E-state index contributed by atoms with van der Waals surface area (Å²) in [6, 6.07) is 20.9. The summed E-state index contributed by atoms with van der Waals surface area (Å²) in [6.07, 6.45) is 1.62. The Bertz CT molecular complexity index is 1360. The summed E-state index contributed by atoms with van der Waals surface area (Å²) in [5.74, 6) is 0.799. The molecule has 1 aromatic heterocycles. The van der Waals surface area contributed by atoms with Gasteiger partial charge in [0.05, 0.1) is 16.3 Å². The number of non-ortho nitro benzene ring substituents is 1. The first kappa shape index (κ1) is 21.5. The van der Waals surface area contributed by atoms with Crippen molar-refractivity contribution in [2.75, 3.05) is 18.5 Å². The summed E-state index contributed by atoms with van der Waals surface area (Å²) in [6.45, 7) is 0.902. The van der Waals surface area contributed by atoms with Crippen molar-refractivity contribution < 1.29 is 19.2 Å². The van der Waals surface area contributed by atoms with Crippen LogP contribution in [-0.2, 0) is 0 Å². The Hall–Kier alpha value is -4.31. The molecule has 0 bridgehead atoms. The SMILES string of the molecule is O=C(Nc1cc2c(cc1Sc1ccccc1)OCCO2)c1ccn(-c2ccc([N+](=O)[O-])cc2)n1. The van der Waals surface area contributed by atoms with Gasteiger partial charge in [0.25, 0.3) is 11.6 Å². The van der Waals surface area contributed by atoms with Gasteiger partial charge in [0.15, 0.2) is 17.2 Å². The average Bonchev–Trinajstić information content (AvgIpc) is 3.36. The maximum absolute atomic E-state index is 13.0. The van der Waals surface area contributed by atoms with Crippen molar-refractivity contribution in [3.05, 3.63) is 94.8 Å². The number of benzene rings is 3. The van der Waals surface area contributed by atoms with E-state index < -0.39 is 10.8 Å². The van der Waals surface area contributed by atoms with Crippen molar-refractivity contribution in [2.24, 2.45) is 0 Å². The van der Waals surface area contributed by atoms with Gasteiger partial charge in [0.2, 0.25) is 0 Å². The number of ether oxygens (including phenoxy) is 2. The predicted octanol–water partition coefficient (Wildman–Crippen LogP) is 4.96. The molecular weight excluding hydrogens is 456 g/mol. The number of fused-ring (bicyclic) bond motifs is 1. The van der Waals surface area contributed by atoms with Crippen LogP contribution in [-0.4, -0.2) is 33.8 Å². The third-order valence-electron chi connectivity index (χ3n) is 5.01. The Morgan fingerprint density at radius 3 is 2.41 bits per heavy atom. The average molecular weight is 474 g/mol. The van der Waals surface area contributed by atoms with Gasteiger partial charge in [0.1, 0.15) is 13.2 Å². The summed E-state index contributed by atoms with van der Waals surface area (Å²) in [5, 5.41) is 18.1. The maximum Gasteiger partial charge on any atom is 0.276 e. The van der Waals surface area contributed by atoms with Crippen molar-refractivity contribution in [1.29, 1.82) is 0 Å². The minimum absolute atomic E-state index is 0.0177. The molecule has 5 rings (SSSR count). The van der Waals surface area contributed by atoms with Crippen LogP contribution in [0.4, 0.5) is 11.4 Å². The molecule has 4 aromatic rings. The fourth-order valence-corrected chi connectivity index (χ4v) is 4.30. The van der Waals surface area contributed by atoms with Gasteiger partial charge in [-0.05, 0) is 30.3 Å². The normalized spacial score (nSPS) is 12.2. The highest BCUT2D eigenvalue weighted by atomic mass is 32.2. The maximum atomic E-state index is 13.0. The third-order valence-corrected chi connectivity index (χ3v) is 6.08. The molecule has 1 aliphatic heterocycles. The molecule has 1 amide bonds. The van der Waals surface area contributed by atoms with Crippen molar-refractivity contribution in [3.63, 3.8) is 0 Å². The number of nitro benzene ring substituents is 1. The number of amides is 1. The van der Waals surface area contributed by atoms with Gasteiger partial charge in [-0.15, -0.1) is 0 Å². The predicted molar refractivity (Wildman–Crippen MR) is 126 cm³/mol. The lowest BCUT2D eigenvalue weighted by Crippen LogP contribution is -2.17. The van der Waals surface area contributed by atoms with E-state index >= 15 is 0 Å². The Labute approximate surface area is 198 Å². The number of aromatic nitrogens is 2. The highest BCUT2D eigenvalue weighted by Gasteiger charge is 2.20. The lowest BCUT2D eigenvalue weighted by atomic mass is 10.2. The van der Waals surface area contributed by atoms with E-state index in [4.69, 9.17) is 9.47 Å². The van der Waals surface area contributed by atoms with Crippen LogP contribution in [0.3, 0.4) is 0 Å². The molecule has 170 valence electrons. The Balaban J connectivity index is 1.40. The molecule has 34 heavy (non-hydrogen) atoms. The Morgan fingerprint density at radius 1 is 1.00 bits per heavy atom. The van der Waals surface area contributed by atoms with Crippen LogP contribution >= 0.6 is 11.8 Å². The van der Waals surface area contributed by atoms with Crippen LogP contribution in [0.25, 0.3) is 5.69 Å². The fraction of sp³-hybridized carbons (Fsp3) is 0.0833. The van der Waals surface area contributed by atoms with Gasteiger partial charge < -0.3 is 14.8 Å². The zero-order valence-electron chi connectivity index (χ0n) is 17.7. The first-order chi connectivity index (χ1) is 16.6. The summed E-state index contributed by atoms with van der Waals surface area (Å²) in [4.78, 5) is 25.2. The van der Waals surface area contributed by atoms with Crippen molar-refractivity contribution in [2.45, 2.75) is 9.79 Å². The van der Waals surface area contributed by atoms with Crippen molar-refractivity contribution in [3.8, 4) is 17.2 Å².